The number of ether oxygens (including phenoxy) is 1. The second-order valence-corrected chi connectivity index (χ2v) is 6.48. The lowest BCUT2D eigenvalue weighted by Crippen LogP contribution is -2.23. The number of sulfonamides is 1. The van der Waals surface area contributed by atoms with E-state index in [0.717, 1.165) is 0 Å². The minimum absolute atomic E-state index is 0.0792. The lowest BCUT2D eigenvalue weighted by molar-refractivity contribution is 0.100. The Kier molecular flexibility index (Phi) is 5.17. The first kappa shape index (κ1) is 16.8. The third kappa shape index (κ3) is 4.96. The van der Waals surface area contributed by atoms with Gasteiger partial charge in [0.25, 0.3) is 5.91 Å². The van der Waals surface area contributed by atoms with Gasteiger partial charge in [0.05, 0.1) is 11.3 Å². The number of amides is 1. The summed E-state index contributed by atoms with van der Waals surface area (Å²) >= 11 is 0. The van der Waals surface area contributed by atoms with Crippen molar-refractivity contribution in [3.05, 3.63) is 59.9 Å². The molecule has 0 aliphatic carbocycles. The first-order valence-corrected chi connectivity index (χ1v) is 8.30. The number of anilines is 1. The first-order chi connectivity index (χ1) is 10.9. The van der Waals surface area contributed by atoms with Gasteiger partial charge in [-0.3, -0.25) is 9.52 Å². The summed E-state index contributed by atoms with van der Waals surface area (Å²) < 4.78 is 44.3. The third-order valence-corrected chi connectivity index (χ3v) is 4.13. The van der Waals surface area contributed by atoms with Gasteiger partial charge in [0, 0.05) is 0 Å². The molecule has 2 aromatic carbocycles. The molecule has 6 nitrogen and oxygen atoms in total. The van der Waals surface area contributed by atoms with Crippen LogP contribution in [0.5, 0.6) is 5.75 Å². The van der Waals surface area contributed by atoms with Gasteiger partial charge in [-0.1, -0.05) is 12.1 Å². The molecule has 122 valence electrons. The van der Waals surface area contributed by atoms with Crippen LogP contribution in [0, 0.1) is 5.82 Å². The topological polar surface area (TPSA) is 98.5 Å². The fourth-order valence-corrected chi connectivity index (χ4v) is 2.72. The monoisotopic (exact) mass is 338 g/mol. The molecule has 1 amide bonds. The van der Waals surface area contributed by atoms with E-state index < -0.39 is 21.7 Å². The molecule has 0 fully saturated rings. The predicted molar refractivity (Wildman–Crippen MR) is 84.3 cm³/mol. The summed E-state index contributed by atoms with van der Waals surface area (Å²) in [6, 6.07) is 11.3. The highest BCUT2D eigenvalue weighted by molar-refractivity contribution is 7.92. The summed E-state index contributed by atoms with van der Waals surface area (Å²) in [6.45, 7) is -0.125. The molecule has 0 aliphatic rings. The SMILES string of the molecule is NC(=O)c1ccccc1NS(=O)(=O)CCOc1ccc(F)cc1. The van der Waals surface area contributed by atoms with Crippen molar-refractivity contribution in [2.45, 2.75) is 0 Å². The van der Waals surface area contributed by atoms with Crippen LogP contribution in [0.2, 0.25) is 0 Å². The molecular formula is C15H15FN2O4S. The lowest BCUT2D eigenvalue weighted by atomic mass is 10.2. The smallest absolute Gasteiger partial charge is 0.250 e. The quantitative estimate of drug-likeness (QED) is 0.803. The standard InChI is InChI=1S/C15H15FN2O4S/c16-11-5-7-12(8-6-11)22-9-10-23(20,21)18-14-4-2-1-3-13(14)15(17)19/h1-8,18H,9-10H2,(H2,17,19). The van der Waals surface area contributed by atoms with Crippen LogP contribution in [-0.2, 0) is 10.0 Å². The molecule has 8 heteroatoms. The number of para-hydroxylation sites is 1. The molecule has 0 atom stereocenters. The minimum atomic E-state index is -3.73. The van der Waals surface area contributed by atoms with Crippen molar-refractivity contribution in [3.8, 4) is 5.75 Å². The summed E-state index contributed by atoms with van der Waals surface area (Å²) in [4.78, 5) is 11.3. The highest BCUT2D eigenvalue weighted by Gasteiger charge is 2.15. The summed E-state index contributed by atoms with van der Waals surface area (Å²) in [5, 5.41) is 0. The van der Waals surface area contributed by atoms with E-state index in [1.54, 1.807) is 12.1 Å². The molecule has 23 heavy (non-hydrogen) atoms. The van der Waals surface area contributed by atoms with Gasteiger partial charge < -0.3 is 10.5 Å². The fraction of sp³-hybridized carbons (Fsp3) is 0.133. The molecule has 0 unspecified atom stereocenters. The molecule has 0 saturated heterocycles. The highest BCUT2D eigenvalue weighted by atomic mass is 32.2. The average molecular weight is 338 g/mol. The first-order valence-electron chi connectivity index (χ1n) is 6.65. The van der Waals surface area contributed by atoms with Gasteiger partial charge in [0.2, 0.25) is 10.0 Å². The summed E-state index contributed by atoms with van der Waals surface area (Å²) in [6.07, 6.45) is 0. The number of nitrogens with one attached hydrogen (secondary N) is 1. The second-order valence-electron chi connectivity index (χ2n) is 4.63. The van der Waals surface area contributed by atoms with Crippen LogP contribution >= 0.6 is 0 Å². The molecule has 3 N–H and O–H groups in total. The zero-order chi connectivity index (χ0) is 16.9. The molecule has 0 saturated carbocycles. The molecule has 0 aromatic heterocycles. The number of halogens is 1. The van der Waals surface area contributed by atoms with Crippen molar-refractivity contribution >= 4 is 21.6 Å². The number of carbonyl (C=O) groups excluding carboxylic acids is 1. The Morgan fingerprint density at radius 2 is 1.78 bits per heavy atom. The number of primary amides is 1. The molecule has 2 aromatic rings. The van der Waals surface area contributed by atoms with E-state index in [1.165, 1.54) is 36.4 Å². The number of nitrogens with two attached hydrogens (primary N) is 1. The van der Waals surface area contributed by atoms with Gasteiger partial charge in [-0.2, -0.15) is 0 Å². The Labute approximate surface area is 133 Å². The van der Waals surface area contributed by atoms with Crippen molar-refractivity contribution in [1.29, 1.82) is 0 Å². The van der Waals surface area contributed by atoms with Crippen LogP contribution in [-0.4, -0.2) is 26.7 Å². The Bertz CT molecular complexity index is 791. The number of benzene rings is 2. The Balaban J connectivity index is 1.97. The maximum Gasteiger partial charge on any atom is 0.250 e. The zero-order valence-corrected chi connectivity index (χ0v) is 12.8. The average Bonchev–Trinajstić information content (AvgIpc) is 2.49. The Morgan fingerprint density at radius 1 is 1.13 bits per heavy atom. The van der Waals surface area contributed by atoms with Gasteiger partial charge in [-0.15, -0.1) is 0 Å². The maximum absolute atomic E-state index is 12.7. The van der Waals surface area contributed by atoms with Crippen molar-refractivity contribution < 1.29 is 22.3 Å². The van der Waals surface area contributed by atoms with Crippen LogP contribution in [0.4, 0.5) is 10.1 Å². The van der Waals surface area contributed by atoms with Gasteiger partial charge in [-0.05, 0) is 36.4 Å². The van der Waals surface area contributed by atoms with E-state index in [4.69, 9.17) is 10.5 Å². The summed E-state index contributed by atoms with van der Waals surface area (Å²) in [7, 11) is -3.73. The van der Waals surface area contributed by atoms with Gasteiger partial charge in [0.1, 0.15) is 23.9 Å². The van der Waals surface area contributed by atoms with Crippen molar-refractivity contribution in [3.63, 3.8) is 0 Å². The number of hydrogen-bond acceptors (Lipinski definition) is 4. The predicted octanol–water partition coefficient (Wildman–Crippen LogP) is 1.75. The summed E-state index contributed by atoms with van der Waals surface area (Å²) in [5.74, 6) is -1.11. The summed E-state index contributed by atoms with van der Waals surface area (Å²) in [5.41, 5.74) is 5.38. The van der Waals surface area contributed by atoms with Gasteiger partial charge in [0.15, 0.2) is 0 Å². The number of carbonyl (C=O) groups is 1. The number of hydrogen-bond donors (Lipinski definition) is 2. The number of rotatable bonds is 7. The van der Waals surface area contributed by atoms with Crippen LogP contribution < -0.4 is 15.2 Å². The van der Waals surface area contributed by atoms with E-state index in [-0.39, 0.29) is 23.6 Å². The zero-order valence-electron chi connectivity index (χ0n) is 12.0. The van der Waals surface area contributed by atoms with E-state index in [2.05, 4.69) is 4.72 Å². The van der Waals surface area contributed by atoms with Crippen LogP contribution in [0.1, 0.15) is 10.4 Å². The van der Waals surface area contributed by atoms with Crippen LogP contribution in [0.25, 0.3) is 0 Å². The van der Waals surface area contributed by atoms with Gasteiger partial charge in [-0.25, -0.2) is 12.8 Å². The molecule has 0 radical (unpaired) electrons. The highest BCUT2D eigenvalue weighted by Crippen LogP contribution is 2.16. The van der Waals surface area contributed by atoms with E-state index in [9.17, 15) is 17.6 Å². The Hall–Kier alpha value is -2.61. The lowest BCUT2D eigenvalue weighted by Gasteiger charge is -2.11. The largest absolute Gasteiger partial charge is 0.492 e. The second kappa shape index (κ2) is 7.10. The molecular weight excluding hydrogens is 323 g/mol. The van der Waals surface area contributed by atoms with Crippen molar-refractivity contribution in [1.82, 2.24) is 0 Å². The molecule has 0 aliphatic heterocycles. The Morgan fingerprint density at radius 3 is 2.43 bits per heavy atom. The minimum Gasteiger partial charge on any atom is -0.492 e. The van der Waals surface area contributed by atoms with Crippen LogP contribution in [0.15, 0.2) is 48.5 Å². The molecule has 0 heterocycles. The van der Waals surface area contributed by atoms with Crippen molar-refractivity contribution in [2.24, 2.45) is 5.73 Å². The van der Waals surface area contributed by atoms with E-state index in [0.29, 0.717) is 5.75 Å². The third-order valence-electron chi connectivity index (χ3n) is 2.89. The molecule has 0 spiro atoms. The van der Waals surface area contributed by atoms with E-state index >= 15 is 0 Å². The van der Waals surface area contributed by atoms with E-state index in [1.807, 2.05) is 0 Å². The van der Waals surface area contributed by atoms with Crippen LogP contribution in [0.3, 0.4) is 0 Å². The normalized spacial score (nSPS) is 11.0. The van der Waals surface area contributed by atoms with Gasteiger partial charge >= 0.3 is 0 Å². The fourth-order valence-electron chi connectivity index (χ4n) is 1.81. The molecule has 2 rings (SSSR count). The molecule has 0 bridgehead atoms. The van der Waals surface area contributed by atoms with Crippen molar-refractivity contribution in [2.75, 3.05) is 17.1 Å². The maximum atomic E-state index is 12.7.